The maximum atomic E-state index is 13.6. The molecule has 6 rings (SSSR count). The van der Waals surface area contributed by atoms with Crippen molar-refractivity contribution in [2.75, 3.05) is 40.9 Å². The molecule has 1 N–H and O–H groups in total. The first-order chi connectivity index (χ1) is 18.5. The van der Waals surface area contributed by atoms with Crippen molar-refractivity contribution < 1.29 is 4.39 Å². The molecular formula is C29H33FN8. The molecule has 2 aliphatic rings. The van der Waals surface area contributed by atoms with Gasteiger partial charge in [0.2, 0.25) is 5.95 Å². The van der Waals surface area contributed by atoms with Gasteiger partial charge in [0.25, 0.3) is 0 Å². The summed E-state index contributed by atoms with van der Waals surface area (Å²) >= 11 is 0. The van der Waals surface area contributed by atoms with Gasteiger partial charge in [0.05, 0.1) is 5.69 Å². The summed E-state index contributed by atoms with van der Waals surface area (Å²) in [5.74, 6) is 3.26. The molecule has 2 unspecified atom stereocenters. The van der Waals surface area contributed by atoms with Crippen LogP contribution in [0, 0.1) is 12.7 Å². The first kappa shape index (κ1) is 24.3. The normalized spacial score (nSPS) is 19.8. The van der Waals surface area contributed by atoms with Crippen LogP contribution < -0.4 is 14.7 Å². The molecule has 0 radical (unpaired) electrons. The van der Waals surface area contributed by atoms with Gasteiger partial charge >= 0.3 is 0 Å². The third-order valence-corrected chi connectivity index (χ3v) is 7.69. The summed E-state index contributed by atoms with van der Waals surface area (Å²) in [6.07, 6.45) is 7.75. The number of pyridine rings is 1. The van der Waals surface area contributed by atoms with Crippen LogP contribution in [0.3, 0.4) is 0 Å². The van der Waals surface area contributed by atoms with Gasteiger partial charge in [-0.05, 0) is 69.5 Å². The van der Waals surface area contributed by atoms with Crippen molar-refractivity contribution in [2.45, 2.75) is 45.7 Å². The van der Waals surface area contributed by atoms with Crippen LogP contribution in [-0.4, -0.2) is 63.2 Å². The van der Waals surface area contributed by atoms with E-state index in [0.717, 1.165) is 84.8 Å². The van der Waals surface area contributed by atoms with Crippen LogP contribution in [0.1, 0.15) is 32.3 Å². The summed E-state index contributed by atoms with van der Waals surface area (Å²) in [7, 11) is 0. The lowest BCUT2D eigenvalue weighted by atomic mass is 10.1. The fraction of sp³-hybridized carbons (Fsp3) is 0.379. The van der Waals surface area contributed by atoms with Crippen molar-refractivity contribution in [3.63, 3.8) is 0 Å². The third kappa shape index (κ3) is 4.68. The Balaban J connectivity index is 1.27. The highest BCUT2D eigenvalue weighted by atomic mass is 19.1. The number of hydrogen-bond donors (Lipinski definition) is 1. The number of hydrogen-bond acceptors (Lipinski definition) is 7. The van der Waals surface area contributed by atoms with Gasteiger partial charge in [0.1, 0.15) is 23.3 Å². The Bertz CT molecular complexity index is 1400. The minimum absolute atomic E-state index is 0.217. The third-order valence-electron chi connectivity index (χ3n) is 7.69. The molecule has 38 heavy (non-hydrogen) atoms. The van der Waals surface area contributed by atoms with Gasteiger partial charge in [-0.25, -0.2) is 19.3 Å². The van der Waals surface area contributed by atoms with Crippen LogP contribution in [0.15, 0.2) is 55.0 Å². The van der Waals surface area contributed by atoms with Crippen LogP contribution >= 0.6 is 0 Å². The number of aryl methyl sites for hydroxylation is 1. The molecule has 0 spiro atoms. The van der Waals surface area contributed by atoms with Crippen molar-refractivity contribution in [1.29, 1.82) is 0 Å². The number of H-pyrrole nitrogens is 1. The Kier molecular flexibility index (Phi) is 6.43. The second-order valence-electron chi connectivity index (χ2n) is 10.4. The average molecular weight is 513 g/mol. The van der Waals surface area contributed by atoms with E-state index in [9.17, 15) is 4.39 Å². The van der Waals surface area contributed by atoms with Crippen LogP contribution in [-0.2, 0) is 0 Å². The number of aromatic amines is 1. The molecule has 5 heterocycles. The van der Waals surface area contributed by atoms with Gasteiger partial charge in [0, 0.05) is 74.0 Å². The van der Waals surface area contributed by atoms with Gasteiger partial charge in [-0.1, -0.05) is 0 Å². The maximum absolute atomic E-state index is 13.6. The molecule has 0 amide bonds. The highest BCUT2D eigenvalue weighted by Gasteiger charge is 2.29. The zero-order valence-electron chi connectivity index (χ0n) is 22.1. The summed E-state index contributed by atoms with van der Waals surface area (Å²) in [6.45, 7) is 10.0. The van der Waals surface area contributed by atoms with Crippen molar-refractivity contribution in [3.8, 4) is 22.6 Å². The number of nitrogens with zero attached hydrogens (tertiary/aromatic N) is 7. The van der Waals surface area contributed by atoms with Crippen LogP contribution in [0.25, 0.3) is 22.6 Å². The van der Waals surface area contributed by atoms with Crippen molar-refractivity contribution in [1.82, 2.24) is 24.9 Å². The number of rotatable bonds is 5. The van der Waals surface area contributed by atoms with E-state index < -0.39 is 0 Å². The maximum Gasteiger partial charge on any atom is 0.228 e. The largest absolute Gasteiger partial charge is 0.353 e. The summed E-state index contributed by atoms with van der Waals surface area (Å²) in [5.41, 5.74) is 3.84. The van der Waals surface area contributed by atoms with Crippen molar-refractivity contribution >= 4 is 17.6 Å². The molecule has 1 aromatic carbocycles. The number of halogens is 1. The Morgan fingerprint density at radius 2 is 1.76 bits per heavy atom. The average Bonchev–Trinajstić information content (AvgIpc) is 3.61. The predicted octanol–water partition coefficient (Wildman–Crippen LogP) is 5.08. The number of imidazole rings is 1. The Hall–Kier alpha value is -4.01. The van der Waals surface area contributed by atoms with E-state index in [1.165, 1.54) is 12.1 Å². The molecule has 2 atom stereocenters. The predicted molar refractivity (Wildman–Crippen MR) is 149 cm³/mol. The highest BCUT2D eigenvalue weighted by Crippen LogP contribution is 2.31. The molecule has 196 valence electrons. The molecule has 2 saturated heterocycles. The Labute approximate surface area is 222 Å². The molecule has 2 fully saturated rings. The topological polar surface area (TPSA) is 77.1 Å². The SMILES string of the molecule is Cc1cc(-c2ncc[nH]2)cnc1N1CCN(c2cc(-c3ccc(F)cc3)nc(N3CCCC3C)n2)C(C)C1. The summed E-state index contributed by atoms with van der Waals surface area (Å²) < 4.78 is 13.6. The van der Waals surface area contributed by atoms with Gasteiger partial charge in [0.15, 0.2) is 0 Å². The summed E-state index contributed by atoms with van der Waals surface area (Å²) in [6, 6.07) is 11.4. The Morgan fingerprint density at radius 1 is 0.921 bits per heavy atom. The lowest BCUT2D eigenvalue weighted by Gasteiger charge is -2.41. The lowest BCUT2D eigenvalue weighted by molar-refractivity contribution is 0.541. The molecule has 2 aliphatic heterocycles. The van der Waals surface area contributed by atoms with Crippen LogP contribution in [0.5, 0.6) is 0 Å². The van der Waals surface area contributed by atoms with E-state index in [1.54, 1.807) is 18.3 Å². The molecule has 3 aromatic heterocycles. The standard InChI is InChI=1S/C29H33FN8/c1-19-15-23(27-31-10-11-32-27)17-33-28(19)36-13-14-37(21(3)18-36)26-16-25(22-6-8-24(30)9-7-22)34-29(35-26)38-12-4-5-20(38)2/h6-11,15-17,20-21H,4-5,12-14,18H2,1-3H3,(H,31,32). The van der Waals surface area contributed by atoms with Gasteiger partial charge in [-0.15, -0.1) is 0 Å². The summed E-state index contributed by atoms with van der Waals surface area (Å²) in [5, 5.41) is 0. The zero-order chi connectivity index (χ0) is 26.2. The smallest absolute Gasteiger partial charge is 0.228 e. The van der Waals surface area contributed by atoms with E-state index in [0.29, 0.717) is 6.04 Å². The molecule has 0 saturated carbocycles. The van der Waals surface area contributed by atoms with E-state index in [1.807, 2.05) is 18.5 Å². The highest BCUT2D eigenvalue weighted by molar-refractivity contribution is 5.66. The van der Waals surface area contributed by atoms with E-state index in [-0.39, 0.29) is 11.9 Å². The number of anilines is 3. The van der Waals surface area contributed by atoms with E-state index in [2.05, 4.69) is 51.5 Å². The van der Waals surface area contributed by atoms with Gasteiger partial charge in [-0.3, -0.25) is 0 Å². The minimum Gasteiger partial charge on any atom is -0.353 e. The number of piperazine rings is 1. The fourth-order valence-corrected chi connectivity index (χ4v) is 5.64. The molecule has 9 heteroatoms. The zero-order valence-corrected chi connectivity index (χ0v) is 22.1. The fourth-order valence-electron chi connectivity index (χ4n) is 5.64. The lowest BCUT2D eigenvalue weighted by Crippen LogP contribution is -2.53. The molecule has 4 aromatic rings. The van der Waals surface area contributed by atoms with Crippen molar-refractivity contribution in [2.24, 2.45) is 0 Å². The second-order valence-corrected chi connectivity index (χ2v) is 10.4. The summed E-state index contributed by atoms with van der Waals surface area (Å²) in [4.78, 5) is 29.3. The van der Waals surface area contributed by atoms with Gasteiger partial charge < -0.3 is 19.7 Å². The van der Waals surface area contributed by atoms with Gasteiger partial charge in [-0.2, -0.15) is 4.98 Å². The first-order valence-electron chi connectivity index (χ1n) is 13.4. The number of nitrogens with one attached hydrogen (secondary N) is 1. The molecule has 0 bridgehead atoms. The molecular weight excluding hydrogens is 479 g/mol. The first-order valence-corrected chi connectivity index (χ1v) is 13.4. The Morgan fingerprint density at radius 3 is 2.45 bits per heavy atom. The quantitative estimate of drug-likeness (QED) is 0.400. The van der Waals surface area contributed by atoms with E-state index in [4.69, 9.17) is 15.0 Å². The monoisotopic (exact) mass is 512 g/mol. The number of benzene rings is 1. The molecule has 0 aliphatic carbocycles. The second kappa shape index (κ2) is 10.0. The van der Waals surface area contributed by atoms with Crippen molar-refractivity contribution in [3.05, 3.63) is 66.4 Å². The molecule has 8 nitrogen and oxygen atoms in total. The van der Waals surface area contributed by atoms with E-state index >= 15 is 0 Å². The van der Waals surface area contributed by atoms with Crippen LogP contribution in [0.2, 0.25) is 0 Å². The van der Waals surface area contributed by atoms with Crippen LogP contribution in [0.4, 0.5) is 22.0 Å². The number of aromatic nitrogens is 5. The minimum atomic E-state index is -0.248.